The smallest absolute Gasteiger partial charge is 0.312 e. The third-order valence-corrected chi connectivity index (χ3v) is 4.18. The van der Waals surface area contributed by atoms with E-state index in [0.717, 1.165) is 30.3 Å². The maximum Gasteiger partial charge on any atom is 0.312 e. The molecule has 4 nitrogen and oxygen atoms in total. The summed E-state index contributed by atoms with van der Waals surface area (Å²) in [4.78, 5) is 16.6. The Balaban J connectivity index is 2.38. The molecule has 1 heterocycles. The predicted octanol–water partition coefficient (Wildman–Crippen LogP) is 5.15. The number of esters is 1. The van der Waals surface area contributed by atoms with Crippen molar-refractivity contribution in [2.24, 2.45) is 5.41 Å². The molecule has 1 aromatic rings. The molecule has 0 aliphatic heterocycles. The third-order valence-electron chi connectivity index (χ3n) is 3.73. The summed E-state index contributed by atoms with van der Waals surface area (Å²) in [6, 6.07) is 5.59. The fourth-order valence-corrected chi connectivity index (χ4v) is 2.42. The zero-order valence-corrected chi connectivity index (χ0v) is 16.4. The van der Waals surface area contributed by atoms with Crippen molar-refractivity contribution in [3.05, 3.63) is 22.8 Å². The minimum absolute atomic E-state index is 0.109. The van der Waals surface area contributed by atoms with Crippen LogP contribution in [0.4, 0.5) is 0 Å². The van der Waals surface area contributed by atoms with E-state index in [1.807, 2.05) is 52.8 Å². The van der Waals surface area contributed by atoms with Gasteiger partial charge in [0.1, 0.15) is 10.2 Å². The van der Waals surface area contributed by atoms with E-state index in [4.69, 9.17) is 9.47 Å². The van der Waals surface area contributed by atoms with E-state index in [1.165, 1.54) is 0 Å². The quantitative estimate of drug-likeness (QED) is 0.352. The van der Waals surface area contributed by atoms with Crippen molar-refractivity contribution in [3.63, 3.8) is 0 Å². The van der Waals surface area contributed by atoms with Gasteiger partial charge >= 0.3 is 5.97 Å². The number of carbonyl (C=O) groups excluding carboxylic acids is 1. The van der Waals surface area contributed by atoms with Gasteiger partial charge in [-0.1, -0.05) is 13.0 Å². The van der Waals surface area contributed by atoms with Gasteiger partial charge in [-0.15, -0.1) is 0 Å². The van der Waals surface area contributed by atoms with Crippen LogP contribution in [0.1, 0.15) is 60.3 Å². The van der Waals surface area contributed by atoms with Crippen molar-refractivity contribution in [3.8, 4) is 5.88 Å². The molecule has 0 saturated carbocycles. The van der Waals surface area contributed by atoms with Gasteiger partial charge in [-0.3, -0.25) is 4.79 Å². The van der Waals surface area contributed by atoms with Crippen LogP contribution in [-0.2, 0) is 9.53 Å². The topological polar surface area (TPSA) is 48.4 Å². The fourth-order valence-electron chi connectivity index (χ4n) is 2.09. The number of nitrogens with zero attached hydrogens (tertiary/aromatic N) is 1. The van der Waals surface area contributed by atoms with Crippen molar-refractivity contribution in [1.29, 1.82) is 0 Å². The van der Waals surface area contributed by atoms with Crippen molar-refractivity contribution in [2.45, 2.75) is 65.9 Å². The molecule has 1 unspecified atom stereocenters. The number of ether oxygens (including phenoxy) is 2. The minimum Gasteiger partial charge on any atom is -0.478 e. The van der Waals surface area contributed by atoms with E-state index in [-0.39, 0.29) is 5.97 Å². The number of halogens is 1. The van der Waals surface area contributed by atoms with E-state index >= 15 is 0 Å². The summed E-state index contributed by atoms with van der Waals surface area (Å²) in [5.41, 5.74) is -0.871. The SMILES string of the molecule is CCC(C)(CCCCOc1cccc(Br)n1)C(=O)OC(C)(C)C. The monoisotopic (exact) mass is 385 g/mol. The second kappa shape index (κ2) is 8.67. The second-order valence-corrected chi connectivity index (χ2v) is 7.83. The molecule has 0 aromatic carbocycles. The number of aromatic nitrogens is 1. The average molecular weight is 386 g/mol. The van der Waals surface area contributed by atoms with Gasteiger partial charge in [0.25, 0.3) is 0 Å². The molecule has 1 atom stereocenters. The molecular formula is C18H28BrNO3. The molecule has 0 aliphatic carbocycles. The number of pyridine rings is 1. The molecular weight excluding hydrogens is 358 g/mol. The maximum atomic E-state index is 12.4. The van der Waals surface area contributed by atoms with E-state index < -0.39 is 11.0 Å². The Kier molecular flexibility index (Phi) is 7.52. The predicted molar refractivity (Wildman–Crippen MR) is 95.5 cm³/mol. The Labute approximate surface area is 148 Å². The Bertz CT molecular complexity index is 513. The van der Waals surface area contributed by atoms with E-state index in [1.54, 1.807) is 0 Å². The molecule has 0 bridgehead atoms. The average Bonchev–Trinajstić information content (AvgIpc) is 2.45. The molecule has 5 heteroatoms. The van der Waals surface area contributed by atoms with E-state index in [9.17, 15) is 4.79 Å². The molecule has 0 spiro atoms. The summed E-state index contributed by atoms with van der Waals surface area (Å²) in [6.07, 6.45) is 3.37. The van der Waals surface area contributed by atoms with Gasteiger partial charge in [0.05, 0.1) is 12.0 Å². The van der Waals surface area contributed by atoms with Gasteiger partial charge in [0.15, 0.2) is 0 Å². The molecule has 0 fully saturated rings. The van der Waals surface area contributed by atoms with Crippen LogP contribution in [0.15, 0.2) is 22.8 Å². The summed E-state index contributed by atoms with van der Waals surface area (Å²) >= 11 is 3.32. The Morgan fingerprint density at radius 1 is 1.22 bits per heavy atom. The summed E-state index contributed by atoms with van der Waals surface area (Å²) < 4.78 is 11.9. The van der Waals surface area contributed by atoms with Crippen LogP contribution in [0.3, 0.4) is 0 Å². The van der Waals surface area contributed by atoms with Crippen LogP contribution >= 0.6 is 15.9 Å². The summed E-state index contributed by atoms with van der Waals surface area (Å²) in [5, 5.41) is 0. The number of hydrogen-bond acceptors (Lipinski definition) is 4. The van der Waals surface area contributed by atoms with Gasteiger partial charge in [-0.05, 0) is 75.4 Å². The fraction of sp³-hybridized carbons (Fsp3) is 0.667. The van der Waals surface area contributed by atoms with Crippen LogP contribution in [0, 0.1) is 5.41 Å². The highest BCUT2D eigenvalue weighted by Crippen LogP contribution is 2.31. The lowest BCUT2D eigenvalue weighted by molar-refractivity contribution is -0.167. The Morgan fingerprint density at radius 2 is 1.91 bits per heavy atom. The number of unbranched alkanes of at least 4 members (excludes halogenated alkanes) is 1. The van der Waals surface area contributed by atoms with Crippen LogP contribution in [0.2, 0.25) is 0 Å². The van der Waals surface area contributed by atoms with E-state index in [0.29, 0.717) is 12.5 Å². The van der Waals surface area contributed by atoms with Crippen LogP contribution in [-0.4, -0.2) is 23.2 Å². The molecule has 0 saturated heterocycles. The van der Waals surface area contributed by atoms with E-state index in [2.05, 4.69) is 20.9 Å². The van der Waals surface area contributed by atoms with Gasteiger partial charge in [-0.2, -0.15) is 0 Å². The molecule has 1 rings (SSSR count). The molecule has 1 aromatic heterocycles. The number of hydrogen-bond donors (Lipinski definition) is 0. The summed E-state index contributed by atoms with van der Waals surface area (Å²) in [5.74, 6) is 0.506. The lowest BCUT2D eigenvalue weighted by Gasteiger charge is -2.30. The van der Waals surface area contributed by atoms with Crippen LogP contribution in [0.5, 0.6) is 5.88 Å². The Hall–Kier alpha value is -1.10. The molecule has 0 amide bonds. The summed E-state index contributed by atoms with van der Waals surface area (Å²) in [7, 11) is 0. The van der Waals surface area contributed by atoms with Crippen LogP contribution < -0.4 is 4.74 Å². The van der Waals surface area contributed by atoms with Crippen molar-refractivity contribution in [1.82, 2.24) is 4.98 Å². The Morgan fingerprint density at radius 3 is 2.48 bits per heavy atom. The third kappa shape index (κ3) is 7.34. The highest BCUT2D eigenvalue weighted by Gasteiger charge is 2.34. The standard InChI is InChI=1S/C18H28BrNO3/c1-6-18(5,16(21)23-17(2,3)4)12-7-8-13-22-15-11-9-10-14(19)20-15/h9-11H,6-8,12-13H2,1-5H3. The maximum absolute atomic E-state index is 12.4. The highest BCUT2D eigenvalue weighted by atomic mass is 79.9. The van der Waals surface area contributed by atoms with Crippen molar-refractivity contribution in [2.75, 3.05) is 6.61 Å². The molecule has 130 valence electrons. The first-order chi connectivity index (χ1) is 10.7. The van der Waals surface area contributed by atoms with Crippen LogP contribution in [0.25, 0.3) is 0 Å². The highest BCUT2D eigenvalue weighted by molar-refractivity contribution is 9.10. The van der Waals surface area contributed by atoms with Gasteiger partial charge in [0, 0.05) is 6.07 Å². The van der Waals surface area contributed by atoms with Gasteiger partial charge in [-0.25, -0.2) is 4.98 Å². The minimum atomic E-state index is -0.441. The molecule has 0 aliphatic rings. The first-order valence-electron chi connectivity index (χ1n) is 8.15. The number of carbonyl (C=O) groups is 1. The first-order valence-corrected chi connectivity index (χ1v) is 8.94. The van der Waals surface area contributed by atoms with Crippen molar-refractivity contribution < 1.29 is 14.3 Å². The summed E-state index contributed by atoms with van der Waals surface area (Å²) in [6.45, 7) is 10.3. The second-order valence-electron chi connectivity index (χ2n) is 7.02. The zero-order chi connectivity index (χ0) is 17.5. The van der Waals surface area contributed by atoms with Gasteiger partial charge in [0.2, 0.25) is 5.88 Å². The molecule has 0 N–H and O–H groups in total. The molecule has 23 heavy (non-hydrogen) atoms. The molecule has 0 radical (unpaired) electrons. The first kappa shape index (κ1) is 19.9. The normalized spacial score (nSPS) is 14.2. The zero-order valence-electron chi connectivity index (χ0n) is 14.8. The number of rotatable bonds is 8. The van der Waals surface area contributed by atoms with Crippen molar-refractivity contribution >= 4 is 21.9 Å². The lowest BCUT2D eigenvalue weighted by atomic mass is 9.82. The van der Waals surface area contributed by atoms with Gasteiger partial charge < -0.3 is 9.47 Å². The lowest BCUT2D eigenvalue weighted by Crippen LogP contribution is -2.35. The largest absolute Gasteiger partial charge is 0.478 e.